The quantitative estimate of drug-likeness (QED) is 0.839. The van der Waals surface area contributed by atoms with Crippen molar-refractivity contribution in [2.45, 2.75) is 18.9 Å². The molecular weight excluding hydrogens is 268 g/mol. The number of halogens is 1. The lowest BCUT2D eigenvalue weighted by Crippen LogP contribution is -2.29. The van der Waals surface area contributed by atoms with E-state index in [4.69, 9.17) is 21.1 Å². The van der Waals surface area contributed by atoms with E-state index in [9.17, 15) is 4.79 Å². The van der Waals surface area contributed by atoms with Gasteiger partial charge in [0, 0.05) is 18.2 Å². The van der Waals surface area contributed by atoms with Gasteiger partial charge in [-0.1, -0.05) is 11.6 Å². The van der Waals surface area contributed by atoms with E-state index in [2.05, 4.69) is 10.6 Å². The summed E-state index contributed by atoms with van der Waals surface area (Å²) >= 11 is 6.00. The smallest absolute Gasteiger partial charge is 0.238 e. The van der Waals surface area contributed by atoms with E-state index in [0.29, 0.717) is 34.8 Å². The van der Waals surface area contributed by atoms with Crippen LogP contribution in [0.4, 0.5) is 5.69 Å². The lowest BCUT2D eigenvalue weighted by atomic mass is 10.2. The molecule has 6 heteroatoms. The third-order valence-corrected chi connectivity index (χ3v) is 3.17. The Morgan fingerprint density at radius 1 is 1.32 bits per heavy atom. The maximum absolute atomic E-state index is 11.8. The molecule has 0 radical (unpaired) electrons. The number of rotatable bonds is 6. The first-order chi connectivity index (χ1) is 9.13. The molecule has 1 amide bonds. The molecule has 0 aromatic heterocycles. The summed E-state index contributed by atoms with van der Waals surface area (Å²) in [6, 6.07) is 3.76. The summed E-state index contributed by atoms with van der Waals surface area (Å²) in [4.78, 5) is 11.8. The van der Waals surface area contributed by atoms with Crippen LogP contribution in [0.3, 0.4) is 0 Å². The van der Waals surface area contributed by atoms with Gasteiger partial charge in [0.1, 0.15) is 11.5 Å². The molecule has 19 heavy (non-hydrogen) atoms. The Bertz CT molecular complexity index is 475. The molecule has 0 unspecified atom stereocenters. The standard InChI is InChI=1S/C13H17ClN2O3/c1-18-11-6-10(12(19-2)5-9(11)14)16-13(17)7-15-8-3-4-8/h5-6,8,15H,3-4,7H2,1-2H3,(H,16,17). The first-order valence-electron chi connectivity index (χ1n) is 6.08. The summed E-state index contributed by atoms with van der Waals surface area (Å²) in [6.45, 7) is 0.290. The van der Waals surface area contributed by atoms with Gasteiger partial charge in [-0.25, -0.2) is 0 Å². The molecule has 0 aliphatic heterocycles. The van der Waals surface area contributed by atoms with Crippen LogP contribution in [0.25, 0.3) is 0 Å². The topological polar surface area (TPSA) is 59.6 Å². The van der Waals surface area contributed by atoms with Gasteiger partial charge in [-0.15, -0.1) is 0 Å². The van der Waals surface area contributed by atoms with Crippen LogP contribution in [0.1, 0.15) is 12.8 Å². The van der Waals surface area contributed by atoms with Crippen molar-refractivity contribution in [2.75, 3.05) is 26.1 Å². The highest BCUT2D eigenvalue weighted by molar-refractivity contribution is 6.32. The Kier molecular flexibility index (Phi) is 4.50. The van der Waals surface area contributed by atoms with Crippen LogP contribution in [0.2, 0.25) is 5.02 Å². The molecule has 0 spiro atoms. The number of ether oxygens (including phenoxy) is 2. The zero-order chi connectivity index (χ0) is 13.8. The third-order valence-electron chi connectivity index (χ3n) is 2.88. The summed E-state index contributed by atoms with van der Waals surface area (Å²) in [5.41, 5.74) is 0.548. The SMILES string of the molecule is COc1cc(NC(=O)CNC2CC2)c(OC)cc1Cl. The molecule has 0 atom stereocenters. The molecule has 0 bridgehead atoms. The van der Waals surface area contributed by atoms with Gasteiger partial charge in [0.25, 0.3) is 0 Å². The van der Waals surface area contributed by atoms with Crippen LogP contribution in [0.15, 0.2) is 12.1 Å². The second-order valence-electron chi connectivity index (χ2n) is 4.39. The molecule has 5 nitrogen and oxygen atoms in total. The van der Waals surface area contributed by atoms with E-state index >= 15 is 0 Å². The van der Waals surface area contributed by atoms with Crippen molar-refractivity contribution in [2.24, 2.45) is 0 Å². The highest BCUT2D eigenvalue weighted by Crippen LogP contribution is 2.35. The average molecular weight is 285 g/mol. The molecule has 0 heterocycles. The fraction of sp³-hybridized carbons (Fsp3) is 0.462. The molecule has 1 fully saturated rings. The minimum atomic E-state index is -0.116. The van der Waals surface area contributed by atoms with Crippen molar-refractivity contribution >= 4 is 23.2 Å². The number of methoxy groups -OCH3 is 2. The highest BCUT2D eigenvalue weighted by atomic mass is 35.5. The number of carbonyl (C=O) groups is 1. The lowest BCUT2D eigenvalue weighted by Gasteiger charge is -2.13. The molecule has 2 rings (SSSR count). The Morgan fingerprint density at radius 3 is 2.58 bits per heavy atom. The highest BCUT2D eigenvalue weighted by Gasteiger charge is 2.21. The maximum Gasteiger partial charge on any atom is 0.238 e. The van der Waals surface area contributed by atoms with Crippen LogP contribution >= 0.6 is 11.6 Å². The van der Waals surface area contributed by atoms with E-state index in [1.807, 2.05) is 0 Å². The largest absolute Gasteiger partial charge is 0.495 e. The van der Waals surface area contributed by atoms with Gasteiger partial charge in [-0.2, -0.15) is 0 Å². The normalized spacial score (nSPS) is 14.1. The van der Waals surface area contributed by atoms with Gasteiger partial charge in [0.2, 0.25) is 5.91 Å². The molecule has 2 N–H and O–H groups in total. The van der Waals surface area contributed by atoms with Crippen molar-refractivity contribution in [1.82, 2.24) is 5.32 Å². The van der Waals surface area contributed by atoms with Gasteiger partial charge in [-0.3, -0.25) is 4.79 Å². The molecule has 104 valence electrons. The van der Waals surface area contributed by atoms with Crippen LogP contribution < -0.4 is 20.1 Å². The summed E-state index contributed by atoms with van der Waals surface area (Å²) in [7, 11) is 3.05. The number of benzene rings is 1. The van der Waals surface area contributed by atoms with Crippen molar-refractivity contribution in [3.8, 4) is 11.5 Å². The fourth-order valence-electron chi connectivity index (χ4n) is 1.68. The predicted molar refractivity (Wildman–Crippen MR) is 74.2 cm³/mol. The number of nitrogens with one attached hydrogen (secondary N) is 2. The van der Waals surface area contributed by atoms with Gasteiger partial charge in [0.05, 0.1) is 31.5 Å². The van der Waals surface area contributed by atoms with Crippen molar-refractivity contribution in [1.29, 1.82) is 0 Å². The predicted octanol–water partition coefficient (Wildman–Crippen LogP) is 2.05. The van der Waals surface area contributed by atoms with E-state index in [-0.39, 0.29) is 5.91 Å². The van der Waals surface area contributed by atoms with Gasteiger partial charge < -0.3 is 20.1 Å². The second-order valence-corrected chi connectivity index (χ2v) is 4.80. The molecule has 1 saturated carbocycles. The maximum atomic E-state index is 11.8. The van der Waals surface area contributed by atoms with Gasteiger partial charge in [-0.05, 0) is 12.8 Å². The van der Waals surface area contributed by atoms with Crippen LogP contribution in [0.5, 0.6) is 11.5 Å². The number of anilines is 1. The van der Waals surface area contributed by atoms with Crippen LogP contribution in [-0.2, 0) is 4.79 Å². The zero-order valence-electron chi connectivity index (χ0n) is 11.0. The summed E-state index contributed by atoms with van der Waals surface area (Å²) in [6.07, 6.45) is 2.29. The van der Waals surface area contributed by atoms with Gasteiger partial charge >= 0.3 is 0 Å². The minimum Gasteiger partial charge on any atom is -0.495 e. The van der Waals surface area contributed by atoms with Gasteiger partial charge in [0.15, 0.2) is 0 Å². The van der Waals surface area contributed by atoms with Crippen LogP contribution in [-0.4, -0.2) is 32.7 Å². The van der Waals surface area contributed by atoms with E-state index in [1.54, 1.807) is 12.1 Å². The van der Waals surface area contributed by atoms with Crippen molar-refractivity contribution in [3.63, 3.8) is 0 Å². The first-order valence-corrected chi connectivity index (χ1v) is 6.46. The summed E-state index contributed by atoms with van der Waals surface area (Å²) < 4.78 is 10.3. The Hall–Kier alpha value is -1.46. The molecular formula is C13H17ClN2O3. The first kappa shape index (κ1) is 14.0. The summed E-state index contributed by atoms with van der Waals surface area (Å²) in [5.74, 6) is 0.882. The van der Waals surface area contributed by atoms with Crippen LogP contribution in [0, 0.1) is 0 Å². The lowest BCUT2D eigenvalue weighted by molar-refractivity contribution is -0.115. The third kappa shape index (κ3) is 3.75. The number of carbonyl (C=O) groups excluding carboxylic acids is 1. The molecule has 1 aliphatic carbocycles. The second kappa shape index (κ2) is 6.12. The Morgan fingerprint density at radius 2 is 2.00 bits per heavy atom. The van der Waals surface area contributed by atoms with E-state index in [1.165, 1.54) is 14.2 Å². The van der Waals surface area contributed by atoms with E-state index < -0.39 is 0 Å². The van der Waals surface area contributed by atoms with Crippen molar-refractivity contribution < 1.29 is 14.3 Å². The average Bonchev–Trinajstić information content (AvgIpc) is 3.22. The number of hydrogen-bond acceptors (Lipinski definition) is 4. The minimum absolute atomic E-state index is 0.116. The zero-order valence-corrected chi connectivity index (χ0v) is 11.7. The summed E-state index contributed by atoms with van der Waals surface area (Å²) in [5, 5.41) is 6.36. The number of hydrogen-bond donors (Lipinski definition) is 2. The molecule has 1 aromatic carbocycles. The Labute approximate surface area is 117 Å². The molecule has 0 saturated heterocycles. The van der Waals surface area contributed by atoms with E-state index in [0.717, 1.165) is 12.8 Å². The fourth-order valence-corrected chi connectivity index (χ4v) is 1.91. The number of amides is 1. The monoisotopic (exact) mass is 284 g/mol. The Balaban J connectivity index is 2.05. The molecule has 1 aliphatic rings. The van der Waals surface area contributed by atoms with Crippen molar-refractivity contribution in [3.05, 3.63) is 17.2 Å². The molecule has 1 aromatic rings.